The normalized spacial score (nSPS) is 10.4. The molecule has 0 saturated carbocycles. The first-order chi connectivity index (χ1) is 10.4. The number of hydrogen-bond donors (Lipinski definition) is 1. The van der Waals surface area contributed by atoms with E-state index >= 15 is 0 Å². The van der Waals surface area contributed by atoms with Gasteiger partial charge in [0.25, 0.3) is 11.8 Å². The summed E-state index contributed by atoms with van der Waals surface area (Å²) in [6, 6.07) is 7.24. The molecule has 2 amide bonds. The van der Waals surface area contributed by atoms with Crippen LogP contribution < -0.4 is 5.32 Å². The van der Waals surface area contributed by atoms with Crippen LogP contribution in [0.25, 0.3) is 0 Å². The number of hydrogen-bond acceptors (Lipinski definition) is 3. The third kappa shape index (κ3) is 3.33. The maximum Gasteiger partial charge on any atom is 0.270 e. The van der Waals surface area contributed by atoms with Crippen molar-refractivity contribution in [2.75, 3.05) is 14.1 Å². The molecule has 0 aliphatic carbocycles. The molecule has 0 saturated heterocycles. The average Bonchev–Trinajstić information content (AvgIpc) is 2.83. The third-order valence-corrected chi connectivity index (χ3v) is 3.37. The molecule has 2 rings (SSSR count). The summed E-state index contributed by atoms with van der Waals surface area (Å²) in [7, 11) is 5.20. The summed E-state index contributed by atoms with van der Waals surface area (Å²) in [5.41, 5.74) is 2.71. The van der Waals surface area contributed by atoms with E-state index in [9.17, 15) is 9.59 Å². The van der Waals surface area contributed by atoms with Crippen LogP contribution in [-0.4, -0.2) is 40.4 Å². The Bertz CT molecular complexity index is 684. The minimum absolute atomic E-state index is 0.0596. The van der Waals surface area contributed by atoms with Crippen molar-refractivity contribution in [3.05, 3.63) is 53.1 Å². The molecule has 0 radical (unpaired) electrons. The first kappa shape index (κ1) is 15.8. The molecule has 1 N–H and O–H groups in total. The Morgan fingerprint density at radius 3 is 2.64 bits per heavy atom. The van der Waals surface area contributed by atoms with Gasteiger partial charge < -0.3 is 14.8 Å². The number of imidazole rings is 1. The minimum Gasteiger partial charge on any atom is -0.347 e. The molecule has 22 heavy (non-hydrogen) atoms. The Morgan fingerprint density at radius 2 is 2.05 bits per heavy atom. The van der Waals surface area contributed by atoms with E-state index in [-0.39, 0.29) is 11.8 Å². The van der Waals surface area contributed by atoms with Gasteiger partial charge in [0.05, 0.1) is 12.0 Å². The molecule has 1 heterocycles. The summed E-state index contributed by atoms with van der Waals surface area (Å²) in [4.78, 5) is 29.8. The molecule has 0 aliphatic heterocycles. The van der Waals surface area contributed by atoms with Gasteiger partial charge in [0, 0.05) is 33.3 Å². The lowest BCUT2D eigenvalue weighted by atomic mass is 10.1. The Morgan fingerprint density at radius 1 is 1.32 bits per heavy atom. The van der Waals surface area contributed by atoms with Crippen LogP contribution in [0.4, 0.5) is 0 Å². The fraction of sp³-hybridized carbons (Fsp3) is 0.312. The van der Waals surface area contributed by atoms with Crippen LogP contribution in [0.3, 0.4) is 0 Å². The number of benzene rings is 1. The summed E-state index contributed by atoms with van der Waals surface area (Å²) < 4.78 is 1.69. The molecule has 1 aromatic heterocycles. The fourth-order valence-corrected chi connectivity index (χ4v) is 2.21. The van der Waals surface area contributed by atoms with Gasteiger partial charge in [-0.3, -0.25) is 9.59 Å². The molecule has 0 spiro atoms. The maximum atomic E-state index is 12.2. The minimum atomic E-state index is -0.179. The number of aryl methyl sites for hydroxylation is 2. The lowest BCUT2D eigenvalue weighted by molar-refractivity contribution is 0.0827. The predicted octanol–water partition coefficient (Wildman–Crippen LogP) is 1.36. The molecule has 0 bridgehead atoms. The number of carbonyl (C=O) groups is 2. The molecule has 2 aromatic rings. The summed E-state index contributed by atoms with van der Waals surface area (Å²) in [5, 5.41) is 2.85. The summed E-state index contributed by atoms with van der Waals surface area (Å²) >= 11 is 0. The molecule has 116 valence electrons. The van der Waals surface area contributed by atoms with Crippen molar-refractivity contribution < 1.29 is 9.59 Å². The van der Waals surface area contributed by atoms with Crippen LogP contribution in [0, 0.1) is 6.92 Å². The topological polar surface area (TPSA) is 67.2 Å². The monoisotopic (exact) mass is 300 g/mol. The van der Waals surface area contributed by atoms with E-state index in [2.05, 4.69) is 10.3 Å². The average molecular weight is 300 g/mol. The zero-order chi connectivity index (χ0) is 16.3. The third-order valence-electron chi connectivity index (χ3n) is 3.37. The van der Waals surface area contributed by atoms with E-state index in [1.54, 1.807) is 51.1 Å². The highest BCUT2D eigenvalue weighted by Crippen LogP contribution is 2.09. The van der Waals surface area contributed by atoms with Crippen molar-refractivity contribution in [3.63, 3.8) is 0 Å². The molecular weight excluding hydrogens is 280 g/mol. The number of nitrogens with one attached hydrogen (secondary N) is 1. The summed E-state index contributed by atoms with van der Waals surface area (Å²) in [5.74, 6) is -0.238. The van der Waals surface area contributed by atoms with Crippen molar-refractivity contribution in [1.82, 2.24) is 19.8 Å². The quantitative estimate of drug-likeness (QED) is 0.927. The molecule has 0 aliphatic rings. The second-order valence-electron chi connectivity index (χ2n) is 5.37. The van der Waals surface area contributed by atoms with Crippen molar-refractivity contribution in [2.45, 2.75) is 13.5 Å². The number of carbonyl (C=O) groups excluding carboxylic acids is 2. The van der Waals surface area contributed by atoms with Gasteiger partial charge in [0.15, 0.2) is 0 Å². The highest BCUT2D eigenvalue weighted by Gasteiger charge is 2.14. The second-order valence-corrected chi connectivity index (χ2v) is 5.37. The molecule has 1 aromatic carbocycles. The highest BCUT2D eigenvalue weighted by molar-refractivity contribution is 5.94. The van der Waals surface area contributed by atoms with Gasteiger partial charge in [-0.05, 0) is 24.6 Å². The molecule has 6 nitrogen and oxygen atoms in total. The molecular formula is C16H20N4O2. The molecule has 0 atom stereocenters. The van der Waals surface area contributed by atoms with Crippen molar-refractivity contribution in [1.29, 1.82) is 0 Å². The Labute approximate surface area is 129 Å². The standard InChI is InChI=1S/C16H20N4O2/c1-11-14(20(4)10-18-11)15(21)17-9-12-6-5-7-13(8-12)16(22)19(2)3/h5-8,10H,9H2,1-4H3,(H,17,21). The maximum absolute atomic E-state index is 12.2. The summed E-state index contributed by atoms with van der Waals surface area (Å²) in [6.07, 6.45) is 1.61. The van der Waals surface area contributed by atoms with Gasteiger partial charge in [-0.1, -0.05) is 12.1 Å². The van der Waals surface area contributed by atoms with Crippen LogP contribution in [-0.2, 0) is 13.6 Å². The van der Waals surface area contributed by atoms with Crippen LogP contribution in [0.5, 0.6) is 0 Å². The number of nitrogens with zero attached hydrogens (tertiary/aromatic N) is 3. The lowest BCUT2D eigenvalue weighted by Gasteiger charge is -2.12. The van der Waals surface area contributed by atoms with E-state index in [0.717, 1.165) is 5.56 Å². The SMILES string of the molecule is Cc1ncn(C)c1C(=O)NCc1cccc(C(=O)N(C)C)c1. The number of amides is 2. The Kier molecular flexibility index (Phi) is 4.60. The first-order valence-electron chi connectivity index (χ1n) is 6.97. The van der Waals surface area contributed by atoms with Gasteiger partial charge in [-0.2, -0.15) is 0 Å². The highest BCUT2D eigenvalue weighted by atomic mass is 16.2. The second kappa shape index (κ2) is 6.43. The van der Waals surface area contributed by atoms with Crippen molar-refractivity contribution >= 4 is 11.8 Å². The lowest BCUT2D eigenvalue weighted by Crippen LogP contribution is -2.26. The van der Waals surface area contributed by atoms with Gasteiger partial charge in [-0.25, -0.2) is 4.98 Å². The van der Waals surface area contributed by atoms with Crippen molar-refractivity contribution in [3.8, 4) is 0 Å². The van der Waals surface area contributed by atoms with Gasteiger partial charge in [-0.15, -0.1) is 0 Å². The molecule has 6 heteroatoms. The van der Waals surface area contributed by atoms with E-state index in [0.29, 0.717) is 23.5 Å². The Balaban J connectivity index is 2.08. The van der Waals surface area contributed by atoms with Gasteiger partial charge >= 0.3 is 0 Å². The van der Waals surface area contributed by atoms with Crippen LogP contribution in [0.1, 0.15) is 32.1 Å². The number of aromatic nitrogens is 2. The fourth-order valence-electron chi connectivity index (χ4n) is 2.21. The van der Waals surface area contributed by atoms with Crippen LogP contribution in [0.2, 0.25) is 0 Å². The van der Waals surface area contributed by atoms with E-state index < -0.39 is 0 Å². The van der Waals surface area contributed by atoms with Gasteiger partial charge in [0.2, 0.25) is 0 Å². The van der Waals surface area contributed by atoms with Crippen LogP contribution >= 0.6 is 0 Å². The first-order valence-corrected chi connectivity index (χ1v) is 6.97. The van der Waals surface area contributed by atoms with Gasteiger partial charge in [0.1, 0.15) is 5.69 Å². The predicted molar refractivity (Wildman–Crippen MR) is 83.6 cm³/mol. The van der Waals surface area contributed by atoms with Crippen molar-refractivity contribution in [2.24, 2.45) is 7.05 Å². The zero-order valence-corrected chi connectivity index (χ0v) is 13.3. The largest absolute Gasteiger partial charge is 0.347 e. The molecule has 0 fully saturated rings. The van der Waals surface area contributed by atoms with E-state index in [1.807, 2.05) is 12.1 Å². The summed E-state index contributed by atoms with van der Waals surface area (Å²) in [6.45, 7) is 2.16. The van der Waals surface area contributed by atoms with Crippen LogP contribution in [0.15, 0.2) is 30.6 Å². The molecule has 0 unspecified atom stereocenters. The van der Waals surface area contributed by atoms with E-state index in [1.165, 1.54) is 4.90 Å². The number of rotatable bonds is 4. The zero-order valence-electron chi connectivity index (χ0n) is 13.3. The smallest absolute Gasteiger partial charge is 0.270 e. The Hall–Kier alpha value is -2.63. The van der Waals surface area contributed by atoms with E-state index in [4.69, 9.17) is 0 Å².